The van der Waals surface area contributed by atoms with Crippen LogP contribution in [0.1, 0.15) is 34.1 Å². The Balaban J connectivity index is 2.51. The van der Waals surface area contributed by atoms with Crippen molar-refractivity contribution in [3.8, 4) is 0 Å². The molecule has 0 saturated carbocycles. The van der Waals surface area contributed by atoms with Crippen LogP contribution in [0, 0.1) is 0 Å². The third kappa shape index (κ3) is 8.31. The molecule has 1 unspecified atom stereocenters. The van der Waals surface area contributed by atoms with Gasteiger partial charge in [-0.15, -0.1) is 11.8 Å². The molecule has 0 aliphatic rings. The summed E-state index contributed by atoms with van der Waals surface area (Å²) in [4.78, 5) is 24.0. The van der Waals surface area contributed by atoms with Crippen molar-refractivity contribution in [3.63, 3.8) is 0 Å². The molecule has 0 aliphatic heterocycles. The van der Waals surface area contributed by atoms with E-state index < -0.39 is 29.4 Å². The summed E-state index contributed by atoms with van der Waals surface area (Å²) >= 11 is 7.43. The lowest BCUT2D eigenvalue weighted by Crippen LogP contribution is -2.52. The molecule has 0 saturated heterocycles. The Morgan fingerprint density at radius 1 is 1.21 bits per heavy atom. The Morgan fingerprint density at radius 3 is 2.34 bits per heavy atom. The maximum atomic E-state index is 12.7. The quantitative estimate of drug-likeness (QED) is 0.412. The van der Waals surface area contributed by atoms with E-state index in [4.69, 9.17) is 16.3 Å². The average Bonchev–Trinajstić information content (AvgIpc) is 2.54. The van der Waals surface area contributed by atoms with E-state index in [0.717, 1.165) is 4.90 Å². The third-order valence-corrected chi connectivity index (χ3v) is 4.83. The number of rotatable bonds is 7. The van der Waals surface area contributed by atoms with Crippen molar-refractivity contribution in [3.05, 3.63) is 23.2 Å². The van der Waals surface area contributed by atoms with Crippen LogP contribution in [-0.2, 0) is 9.53 Å². The summed E-state index contributed by atoms with van der Waals surface area (Å²) in [6.07, 6.45) is -4.97. The average molecular weight is 457 g/mol. The fourth-order valence-corrected chi connectivity index (χ4v) is 3.01. The van der Waals surface area contributed by atoms with E-state index in [0.29, 0.717) is 25.6 Å². The molecule has 2 amide bonds. The zero-order valence-electron chi connectivity index (χ0n) is 16.4. The first-order valence-electron chi connectivity index (χ1n) is 8.63. The minimum atomic E-state index is -5.12. The predicted molar refractivity (Wildman–Crippen MR) is 106 cm³/mol. The second-order valence-electron chi connectivity index (χ2n) is 7.30. The first-order chi connectivity index (χ1) is 13.1. The number of hydrogen-bond donors (Lipinski definition) is 3. The number of thioether (sulfide) groups is 1. The second-order valence-corrected chi connectivity index (χ2v) is 8.87. The maximum absolute atomic E-state index is 12.7. The summed E-state index contributed by atoms with van der Waals surface area (Å²) in [5.74, 6) is -0.985. The molecule has 0 heterocycles. The van der Waals surface area contributed by atoms with Crippen LogP contribution in [0.2, 0.25) is 5.02 Å². The molecule has 3 N–H and O–H groups in total. The highest BCUT2D eigenvalue weighted by Gasteiger charge is 2.55. The van der Waals surface area contributed by atoms with Gasteiger partial charge in [0.05, 0.1) is 10.7 Å². The van der Waals surface area contributed by atoms with E-state index in [1.54, 1.807) is 26.8 Å². The van der Waals surface area contributed by atoms with Gasteiger partial charge in [-0.25, -0.2) is 4.79 Å². The number of halogens is 4. The van der Waals surface area contributed by atoms with Crippen molar-refractivity contribution >= 4 is 41.1 Å². The minimum absolute atomic E-state index is 0.0354. The van der Waals surface area contributed by atoms with Crippen molar-refractivity contribution in [2.24, 2.45) is 0 Å². The fraction of sp³-hybridized carbons (Fsp3) is 0.556. The van der Waals surface area contributed by atoms with Gasteiger partial charge in [-0.3, -0.25) is 4.79 Å². The molecule has 1 rings (SSSR count). The minimum Gasteiger partial charge on any atom is -0.444 e. The summed E-state index contributed by atoms with van der Waals surface area (Å²) in [5.41, 5.74) is -4.15. The van der Waals surface area contributed by atoms with Crippen LogP contribution in [0.15, 0.2) is 23.1 Å². The topological polar surface area (TPSA) is 87.7 Å². The summed E-state index contributed by atoms with van der Waals surface area (Å²) in [6.45, 7) is 6.08. The number of ether oxygens (including phenoxy) is 1. The molecule has 164 valence electrons. The highest BCUT2D eigenvalue weighted by atomic mass is 35.5. The lowest BCUT2D eigenvalue weighted by Gasteiger charge is -2.25. The van der Waals surface area contributed by atoms with Gasteiger partial charge < -0.3 is 20.5 Å². The molecule has 0 spiro atoms. The molecule has 0 aromatic heterocycles. The molecule has 1 aromatic rings. The van der Waals surface area contributed by atoms with Gasteiger partial charge in [-0.2, -0.15) is 13.2 Å². The Bertz CT molecular complexity index is 737. The van der Waals surface area contributed by atoms with Gasteiger partial charge in [0.15, 0.2) is 0 Å². The molecule has 29 heavy (non-hydrogen) atoms. The molecule has 0 radical (unpaired) electrons. The Labute approximate surface area is 176 Å². The highest BCUT2D eigenvalue weighted by molar-refractivity contribution is 7.99. The summed E-state index contributed by atoms with van der Waals surface area (Å²) in [5, 5.41) is 14.0. The fourth-order valence-electron chi connectivity index (χ4n) is 1.83. The van der Waals surface area contributed by atoms with Gasteiger partial charge in [-0.1, -0.05) is 11.6 Å². The van der Waals surface area contributed by atoms with E-state index in [-0.39, 0.29) is 10.7 Å². The first kappa shape index (κ1) is 25.4. The Kier molecular flexibility index (Phi) is 8.67. The number of alkyl carbamates (subject to hydrolysis) is 1. The van der Waals surface area contributed by atoms with E-state index in [2.05, 4.69) is 5.32 Å². The molecule has 0 fully saturated rings. The molecular weight excluding hydrogens is 433 g/mol. The van der Waals surface area contributed by atoms with Gasteiger partial charge in [0.1, 0.15) is 5.60 Å². The zero-order valence-corrected chi connectivity index (χ0v) is 18.0. The standard InChI is InChI=1S/C18H24ClF3N2O4S/c1-16(2,3)28-15(26)23-8-5-9-29-11-6-7-13(12(19)10-11)24-14(25)17(4,27)18(20,21)22/h6-7,10,27H,5,8-9H2,1-4H3,(H,23,26)(H,24,25). The maximum Gasteiger partial charge on any atom is 0.426 e. The molecule has 6 nitrogen and oxygen atoms in total. The number of anilines is 1. The lowest BCUT2D eigenvalue weighted by atomic mass is 10.1. The molecule has 11 heteroatoms. The van der Waals surface area contributed by atoms with E-state index >= 15 is 0 Å². The van der Waals surface area contributed by atoms with Crippen LogP contribution >= 0.6 is 23.4 Å². The van der Waals surface area contributed by atoms with E-state index in [1.165, 1.54) is 23.9 Å². The predicted octanol–water partition coefficient (Wildman–Crippen LogP) is 4.60. The number of carbonyl (C=O) groups excluding carboxylic acids is 2. The van der Waals surface area contributed by atoms with Crippen molar-refractivity contribution in [1.29, 1.82) is 0 Å². The van der Waals surface area contributed by atoms with Gasteiger partial charge in [-0.05, 0) is 58.1 Å². The number of amides is 2. The monoisotopic (exact) mass is 456 g/mol. The highest BCUT2D eigenvalue weighted by Crippen LogP contribution is 2.33. The molecule has 0 aliphatic carbocycles. The van der Waals surface area contributed by atoms with Crippen LogP contribution in [0.25, 0.3) is 0 Å². The van der Waals surface area contributed by atoms with Crippen LogP contribution in [0.4, 0.5) is 23.7 Å². The number of nitrogens with one attached hydrogen (secondary N) is 2. The normalized spacial score (nSPS) is 14.1. The first-order valence-corrected chi connectivity index (χ1v) is 9.99. The number of hydrogen-bond acceptors (Lipinski definition) is 5. The van der Waals surface area contributed by atoms with Crippen LogP contribution in [0.5, 0.6) is 0 Å². The van der Waals surface area contributed by atoms with Crippen molar-refractivity contribution in [1.82, 2.24) is 5.32 Å². The Hall–Kier alpha value is -1.65. The van der Waals surface area contributed by atoms with Crippen molar-refractivity contribution in [2.75, 3.05) is 17.6 Å². The summed E-state index contributed by atoms with van der Waals surface area (Å²) in [6, 6.07) is 4.43. The number of aliphatic hydroxyl groups is 1. The lowest BCUT2D eigenvalue weighted by molar-refractivity contribution is -0.242. The van der Waals surface area contributed by atoms with Crippen molar-refractivity contribution in [2.45, 2.75) is 56.4 Å². The summed E-state index contributed by atoms with van der Waals surface area (Å²) in [7, 11) is 0. The summed E-state index contributed by atoms with van der Waals surface area (Å²) < 4.78 is 43.2. The largest absolute Gasteiger partial charge is 0.444 e. The van der Waals surface area contributed by atoms with Gasteiger partial charge >= 0.3 is 12.3 Å². The molecule has 0 bridgehead atoms. The molecule has 1 atom stereocenters. The molecular formula is C18H24ClF3N2O4S. The van der Waals surface area contributed by atoms with E-state index in [9.17, 15) is 27.9 Å². The van der Waals surface area contributed by atoms with Gasteiger partial charge in [0.2, 0.25) is 5.60 Å². The van der Waals surface area contributed by atoms with Crippen LogP contribution < -0.4 is 10.6 Å². The smallest absolute Gasteiger partial charge is 0.426 e. The van der Waals surface area contributed by atoms with E-state index in [1.807, 2.05) is 5.32 Å². The molecule has 1 aromatic carbocycles. The third-order valence-electron chi connectivity index (χ3n) is 3.44. The van der Waals surface area contributed by atoms with Crippen LogP contribution in [-0.4, -0.2) is 46.8 Å². The second kappa shape index (κ2) is 9.90. The number of carbonyl (C=O) groups is 2. The SMILES string of the molecule is CC(C)(C)OC(=O)NCCCSc1ccc(NC(=O)C(C)(O)C(F)(F)F)c(Cl)c1. The van der Waals surface area contributed by atoms with Gasteiger partial charge in [0, 0.05) is 11.4 Å². The van der Waals surface area contributed by atoms with Gasteiger partial charge in [0.25, 0.3) is 5.91 Å². The zero-order chi connectivity index (χ0) is 22.5. The van der Waals surface area contributed by atoms with Crippen LogP contribution in [0.3, 0.4) is 0 Å². The number of benzene rings is 1. The Morgan fingerprint density at radius 2 is 1.83 bits per heavy atom. The van der Waals surface area contributed by atoms with Crippen molar-refractivity contribution < 1.29 is 32.6 Å². The number of alkyl halides is 3.